The number of hydrogen-bond donors (Lipinski definition) is 1. The highest BCUT2D eigenvalue weighted by Crippen LogP contribution is 2.33. The van der Waals surface area contributed by atoms with E-state index in [0.29, 0.717) is 6.42 Å². The Bertz CT molecular complexity index is 679. The molecule has 1 N–H and O–H groups in total. The molecule has 3 nitrogen and oxygen atoms in total. The fraction of sp³-hybridized carbons (Fsp3) is 0.208. The minimum atomic E-state index is -0.682. The molecule has 0 heterocycles. The molecule has 3 aromatic rings. The highest BCUT2D eigenvalue weighted by Gasteiger charge is 2.10. The first-order chi connectivity index (χ1) is 13.2. The second-order valence-corrected chi connectivity index (χ2v) is 6.19. The van der Waals surface area contributed by atoms with Crippen molar-refractivity contribution in [3.05, 3.63) is 91.0 Å². The number of para-hydroxylation sites is 3. The summed E-state index contributed by atoms with van der Waals surface area (Å²) in [6.45, 7) is 2.06. The maximum atomic E-state index is 9.87. The summed E-state index contributed by atoms with van der Waals surface area (Å²) in [5.41, 5.74) is 3.50. The Kier molecular flexibility index (Phi) is 8.64. The van der Waals surface area contributed by atoms with Gasteiger partial charge >= 0.3 is 5.97 Å². The molecule has 0 aliphatic carbocycles. The van der Waals surface area contributed by atoms with Gasteiger partial charge in [-0.2, -0.15) is 0 Å². The first kappa shape index (κ1) is 20.2. The average molecular weight is 361 g/mol. The summed E-state index contributed by atoms with van der Waals surface area (Å²) in [7, 11) is 0. The van der Waals surface area contributed by atoms with Crippen molar-refractivity contribution in [2.45, 2.75) is 32.6 Å². The van der Waals surface area contributed by atoms with E-state index in [1.54, 1.807) is 0 Å². The Labute approximate surface area is 161 Å². The number of unbranched alkanes of at least 4 members (excludes halogenated alkanes) is 2. The molecule has 0 atom stereocenters. The van der Waals surface area contributed by atoms with Gasteiger partial charge in [-0.3, -0.25) is 4.79 Å². The van der Waals surface area contributed by atoms with E-state index in [1.807, 2.05) is 18.2 Å². The van der Waals surface area contributed by atoms with Crippen molar-refractivity contribution in [1.29, 1.82) is 0 Å². The highest BCUT2D eigenvalue weighted by molar-refractivity contribution is 5.76. The van der Waals surface area contributed by atoms with Crippen molar-refractivity contribution in [2.75, 3.05) is 4.90 Å². The number of hydrogen-bond acceptors (Lipinski definition) is 2. The van der Waals surface area contributed by atoms with Crippen LogP contribution < -0.4 is 4.90 Å². The number of nitrogens with zero attached hydrogens (tertiary/aromatic N) is 1. The van der Waals surface area contributed by atoms with E-state index in [-0.39, 0.29) is 0 Å². The number of benzene rings is 3. The number of carboxylic acids is 1. The predicted octanol–water partition coefficient (Wildman–Crippen LogP) is 6.81. The van der Waals surface area contributed by atoms with Crippen LogP contribution in [0.5, 0.6) is 0 Å². The zero-order chi connectivity index (χ0) is 19.3. The third-order valence-electron chi connectivity index (χ3n) is 4.04. The van der Waals surface area contributed by atoms with Crippen LogP contribution in [0.1, 0.15) is 32.6 Å². The molecule has 140 valence electrons. The molecule has 0 bridgehead atoms. The minimum Gasteiger partial charge on any atom is -0.481 e. The molecule has 0 amide bonds. The predicted molar refractivity (Wildman–Crippen MR) is 113 cm³/mol. The topological polar surface area (TPSA) is 40.5 Å². The van der Waals surface area contributed by atoms with Crippen LogP contribution in [0.15, 0.2) is 91.0 Å². The van der Waals surface area contributed by atoms with Crippen molar-refractivity contribution in [3.8, 4) is 0 Å². The lowest BCUT2D eigenvalue weighted by molar-refractivity contribution is -0.137. The fourth-order valence-corrected chi connectivity index (χ4v) is 2.70. The summed E-state index contributed by atoms with van der Waals surface area (Å²) < 4.78 is 0. The molecular formula is C24H27NO2. The van der Waals surface area contributed by atoms with Crippen molar-refractivity contribution in [1.82, 2.24) is 0 Å². The van der Waals surface area contributed by atoms with Crippen LogP contribution in [0, 0.1) is 0 Å². The first-order valence-electron chi connectivity index (χ1n) is 9.39. The Morgan fingerprint density at radius 2 is 1.07 bits per heavy atom. The monoisotopic (exact) mass is 361 g/mol. The first-order valence-corrected chi connectivity index (χ1v) is 9.39. The maximum Gasteiger partial charge on any atom is 0.303 e. The van der Waals surface area contributed by atoms with Crippen LogP contribution in [0.25, 0.3) is 0 Å². The third-order valence-corrected chi connectivity index (χ3v) is 4.04. The SMILES string of the molecule is CCCCCC(=O)O.c1ccc(N(c2ccccc2)c2ccccc2)cc1. The van der Waals surface area contributed by atoms with Gasteiger partial charge < -0.3 is 10.0 Å². The van der Waals surface area contributed by atoms with Crippen LogP contribution in [-0.2, 0) is 4.79 Å². The summed E-state index contributed by atoms with van der Waals surface area (Å²) in [6, 6.07) is 31.3. The number of carbonyl (C=O) groups is 1. The lowest BCUT2D eigenvalue weighted by Gasteiger charge is -2.25. The molecule has 0 spiro atoms. The summed E-state index contributed by atoms with van der Waals surface area (Å²) in [6.07, 6.45) is 3.28. The van der Waals surface area contributed by atoms with E-state index in [4.69, 9.17) is 5.11 Å². The molecule has 0 aromatic heterocycles. The highest BCUT2D eigenvalue weighted by atomic mass is 16.4. The molecule has 3 rings (SSSR count). The Hall–Kier alpha value is -3.07. The van der Waals surface area contributed by atoms with Gasteiger partial charge in [0.15, 0.2) is 0 Å². The molecule has 3 heteroatoms. The Morgan fingerprint density at radius 3 is 1.37 bits per heavy atom. The number of aliphatic carboxylic acids is 1. The quantitative estimate of drug-likeness (QED) is 0.470. The van der Waals surface area contributed by atoms with Gasteiger partial charge in [0.1, 0.15) is 0 Å². The summed E-state index contributed by atoms with van der Waals surface area (Å²) >= 11 is 0. The summed E-state index contributed by atoms with van der Waals surface area (Å²) in [5.74, 6) is -0.682. The number of rotatable bonds is 7. The van der Waals surface area contributed by atoms with Crippen molar-refractivity contribution >= 4 is 23.0 Å². The molecule has 3 aromatic carbocycles. The number of anilines is 3. The minimum absolute atomic E-state index is 0.327. The van der Waals surface area contributed by atoms with E-state index in [1.165, 1.54) is 17.1 Å². The summed E-state index contributed by atoms with van der Waals surface area (Å²) in [5, 5.41) is 8.14. The molecule has 27 heavy (non-hydrogen) atoms. The van der Waals surface area contributed by atoms with Gasteiger partial charge in [-0.05, 0) is 42.8 Å². The van der Waals surface area contributed by atoms with Gasteiger partial charge in [-0.25, -0.2) is 0 Å². The van der Waals surface area contributed by atoms with Gasteiger partial charge in [0.25, 0.3) is 0 Å². The van der Waals surface area contributed by atoms with Crippen LogP contribution in [0.2, 0.25) is 0 Å². The second-order valence-electron chi connectivity index (χ2n) is 6.19. The zero-order valence-corrected chi connectivity index (χ0v) is 15.8. The van der Waals surface area contributed by atoms with Crippen LogP contribution >= 0.6 is 0 Å². The Morgan fingerprint density at radius 1 is 0.704 bits per heavy atom. The summed E-state index contributed by atoms with van der Waals surface area (Å²) in [4.78, 5) is 12.1. The normalized spacial score (nSPS) is 9.81. The lowest BCUT2D eigenvalue weighted by Crippen LogP contribution is -2.09. The van der Waals surface area contributed by atoms with Crippen LogP contribution in [0.4, 0.5) is 17.1 Å². The van der Waals surface area contributed by atoms with Gasteiger partial charge in [0, 0.05) is 23.5 Å². The van der Waals surface area contributed by atoms with E-state index >= 15 is 0 Å². The van der Waals surface area contributed by atoms with Crippen molar-refractivity contribution < 1.29 is 9.90 Å². The van der Waals surface area contributed by atoms with E-state index in [0.717, 1.165) is 19.3 Å². The second kappa shape index (κ2) is 11.5. The average Bonchev–Trinajstić information content (AvgIpc) is 2.71. The number of carboxylic acid groups (broad SMARTS) is 1. The molecule has 0 saturated carbocycles. The molecule has 0 aliphatic heterocycles. The van der Waals surface area contributed by atoms with Crippen LogP contribution in [-0.4, -0.2) is 11.1 Å². The Balaban J connectivity index is 0.000000279. The van der Waals surface area contributed by atoms with Gasteiger partial charge in [0.05, 0.1) is 0 Å². The molecule has 0 aliphatic rings. The fourth-order valence-electron chi connectivity index (χ4n) is 2.70. The van der Waals surface area contributed by atoms with Crippen LogP contribution in [0.3, 0.4) is 0 Å². The molecular weight excluding hydrogens is 334 g/mol. The molecule has 0 saturated heterocycles. The standard InChI is InChI=1S/C18H15N.C6H12O2/c1-4-10-16(11-5-1)19(17-12-6-2-7-13-17)18-14-8-3-9-15-18;1-2-3-4-5-6(7)8/h1-15H;2-5H2,1H3,(H,7,8). The largest absolute Gasteiger partial charge is 0.481 e. The van der Waals surface area contributed by atoms with Gasteiger partial charge in [-0.15, -0.1) is 0 Å². The van der Waals surface area contributed by atoms with E-state index in [2.05, 4.69) is 84.6 Å². The maximum absolute atomic E-state index is 9.87. The third kappa shape index (κ3) is 6.98. The molecule has 0 radical (unpaired) electrons. The van der Waals surface area contributed by atoms with E-state index < -0.39 is 5.97 Å². The van der Waals surface area contributed by atoms with Gasteiger partial charge in [-0.1, -0.05) is 74.4 Å². The van der Waals surface area contributed by atoms with Crippen molar-refractivity contribution in [2.24, 2.45) is 0 Å². The van der Waals surface area contributed by atoms with Gasteiger partial charge in [0.2, 0.25) is 0 Å². The van der Waals surface area contributed by atoms with Crippen molar-refractivity contribution in [3.63, 3.8) is 0 Å². The zero-order valence-electron chi connectivity index (χ0n) is 15.8. The smallest absolute Gasteiger partial charge is 0.303 e. The van der Waals surface area contributed by atoms with E-state index in [9.17, 15) is 4.79 Å². The lowest BCUT2D eigenvalue weighted by atomic mass is 10.2. The molecule has 0 unspecified atom stereocenters. The molecule has 0 fully saturated rings.